The standard InChI is InChI=1S/C19H22N4O/c1-13(24)21-19-17-18(15-9-5-6-10-16(15)22-19)23(12-20-17)11-14-7-3-2-4-8-14/h5-6,9-10,12,14H,2-4,7-8,11H2,1H3,(H,21,22,24)/i1T. The Kier molecular flexibility index (Phi) is 3.62. The minimum Gasteiger partial charge on any atom is -0.330 e. The lowest BCUT2D eigenvalue weighted by Gasteiger charge is -2.22. The zero-order valence-electron chi connectivity index (χ0n) is 14.7. The predicted octanol–water partition coefficient (Wildman–Crippen LogP) is 4.12. The fourth-order valence-corrected chi connectivity index (χ4v) is 3.79. The maximum Gasteiger partial charge on any atom is 0.222 e. The van der Waals surface area contributed by atoms with Gasteiger partial charge in [-0.05, 0) is 24.8 Å². The first kappa shape index (κ1) is 14.0. The van der Waals surface area contributed by atoms with E-state index in [1.165, 1.54) is 32.1 Å². The minimum absolute atomic E-state index is 0.321. The highest BCUT2D eigenvalue weighted by molar-refractivity contribution is 6.09. The van der Waals surface area contributed by atoms with E-state index in [0.717, 1.165) is 23.0 Å². The summed E-state index contributed by atoms with van der Waals surface area (Å²) in [7, 11) is 0. The summed E-state index contributed by atoms with van der Waals surface area (Å²) in [6, 6.07) is 7.95. The summed E-state index contributed by atoms with van der Waals surface area (Å²) in [6.07, 6.45) is 8.37. The molecule has 2 heterocycles. The molecule has 1 aliphatic rings. The van der Waals surface area contributed by atoms with Gasteiger partial charge in [0.15, 0.2) is 5.82 Å². The molecule has 0 aliphatic heterocycles. The second-order valence-corrected chi connectivity index (χ2v) is 6.62. The van der Waals surface area contributed by atoms with Gasteiger partial charge in [0, 0.05) is 20.2 Å². The Balaban J connectivity index is 1.82. The van der Waals surface area contributed by atoms with Crippen molar-refractivity contribution < 1.29 is 6.17 Å². The molecule has 1 aromatic carbocycles. The predicted molar refractivity (Wildman–Crippen MR) is 95.9 cm³/mol. The lowest BCUT2D eigenvalue weighted by Crippen LogP contribution is -2.14. The van der Waals surface area contributed by atoms with E-state index in [1.807, 2.05) is 24.5 Å². The average Bonchev–Trinajstić information content (AvgIpc) is 3.07. The first-order valence-corrected chi connectivity index (χ1v) is 8.59. The molecule has 124 valence electrons. The van der Waals surface area contributed by atoms with Crippen molar-refractivity contribution in [1.29, 1.82) is 0 Å². The highest BCUT2D eigenvalue weighted by Gasteiger charge is 2.18. The van der Waals surface area contributed by atoms with Crippen molar-refractivity contribution in [1.82, 2.24) is 14.5 Å². The maximum absolute atomic E-state index is 11.7. The Morgan fingerprint density at radius 1 is 1.33 bits per heavy atom. The Morgan fingerprint density at radius 3 is 3.00 bits per heavy atom. The monoisotopic (exact) mass is 324 g/mol. The van der Waals surface area contributed by atoms with E-state index in [0.29, 0.717) is 17.3 Å². The van der Waals surface area contributed by atoms with E-state index in [4.69, 9.17) is 1.37 Å². The van der Waals surface area contributed by atoms with Crippen LogP contribution in [-0.4, -0.2) is 20.4 Å². The van der Waals surface area contributed by atoms with Gasteiger partial charge in [-0.25, -0.2) is 9.97 Å². The number of para-hydroxylation sites is 1. The second-order valence-electron chi connectivity index (χ2n) is 6.62. The molecule has 1 fully saturated rings. The summed E-state index contributed by atoms with van der Waals surface area (Å²) >= 11 is 0. The van der Waals surface area contributed by atoms with Gasteiger partial charge in [0.1, 0.15) is 5.52 Å². The van der Waals surface area contributed by atoms with Crippen LogP contribution >= 0.6 is 0 Å². The molecule has 24 heavy (non-hydrogen) atoms. The Hall–Kier alpha value is -2.43. The third-order valence-electron chi connectivity index (χ3n) is 4.89. The molecular formula is C19H22N4O. The normalized spacial score (nSPS) is 16.4. The van der Waals surface area contributed by atoms with Gasteiger partial charge in [0.2, 0.25) is 5.91 Å². The van der Waals surface area contributed by atoms with Crippen LogP contribution in [0.3, 0.4) is 0 Å². The quantitative estimate of drug-likeness (QED) is 0.788. The Labute approximate surface area is 142 Å². The lowest BCUT2D eigenvalue weighted by atomic mass is 9.89. The number of carbonyl (C=O) groups is 1. The van der Waals surface area contributed by atoms with Crippen LogP contribution in [0.4, 0.5) is 5.82 Å². The SMILES string of the molecule is [3H]CC(=O)Nc1nc2ccccc2c2c1ncn2CC1CCCCC1. The number of anilines is 1. The van der Waals surface area contributed by atoms with Crippen molar-refractivity contribution in [2.24, 2.45) is 5.92 Å². The molecule has 0 radical (unpaired) electrons. The maximum atomic E-state index is 11.7. The fraction of sp³-hybridized carbons (Fsp3) is 0.421. The number of imidazole rings is 1. The van der Waals surface area contributed by atoms with E-state index in [1.54, 1.807) is 0 Å². The first-order valence-electron chi connectivity index (χ1n) is 9.29. The number of hydrogen-bond acceptors (Lipinski definition) is 3. The summed E-state index contributed by atoms with van der Waals surface area (Å²) in [5.41, 5.74) is 2.56. The summed E-state index contributed by atoms with van der Waals surface area (Å²) in [5, 5.41) is 3.78. The summed E-state index contributed by atoms with van der Waals surface area (Å²) in [4.78, 5) is 20.8. The molecule has 4 rings (SSSR count). The molecule has 5 nitrogen and oxygen atoms in total. The topological polar surface area (TPSA) is 59.8 Å². The van der Waals surface area contributed by atoms with Crippen molar-refractivity contribution in [3.8, 4) is 0 Å². The van der Waals surface area contributed by atoms with Gasteiger partial charge in [-0.1, -0.05) is 37.5 Å². The van der Waals surface area contributed by atoms with Crippen LogP contribution in [0.15, 0.2) is 30.6 Å². The van der Waals surface area contributed by atoms with Crippen LogP contribution in [0.5, 0.6) is 0 Å². The molecular weight excluding hydrogens is 300 g/mol. The van der Waals surface area contributed by atoms with Crippen molar-refractivity contribution in [3.05, 3.63) is 30.6 Å². The van der Waals surface area contributed by atoms with E-state index in [-0.39, 0.29) is 12.8 Å². The minimum atomic E-state index is -0.370. The molecule has 1 saturated carbocycles. The molecule has 1 aliphatic carbocycles. The van der Waals surface area contributed by atoms with E-state index < -0.39 is 0 Å². The van der Waals surface area contributed by atoms with Gasteiger partial charge in [-0.2, -0.15) is 0 Å². The second kappa shape index (κ2) is 6.23. The van der Waals surface area contributed by atoms with Crippen molar-refractivity contribution in [2.45, 2.75) is 45.5 Å². The molecule has 0 bridgehead atoms. The lowest BCUT2D eigenvalue weighted by molar-refractivity contribution is -0.114. The summed E-state index contributed by atoms with van der Waals surface area (Å²) < 4.78 is 9.45. The van der Waals surface area contributed by atoms with Gasteiger partial charge in [0.05, 0.1) is 17.4 Å². The molecule has 1 amide bonds. The molecule has 2 aromatic heterocycles. The number of carbonyl (C=O) groups excluding carboxylic acids is 1. The van der Waals surface area contributed by atoms with Gasteiger partial charge < -0.3 is 9.88 Å². The molecule has 0 atom stereocenters. The van der Waals surface area contributed by atoms with E-state index in [9.17, 15) is 4.79 Å². The van der Waals surface area contributed by atoms with Gasteiger partial charge >= 0.3 is 0 Å². The Bertz CT molecular complexity index is 914. The van der Waals surface area contributed by atoms with Gasteiger partial charge in [0.25, 0.3) is 0 Å². The number of nitrogens with one attached hydrogen (secondary N) is 1. The molecule has 1 N–H and O–H groups in total. The average molecular weight is 324 g/mol. The smallest absolute Gasteiger partial charge is 0.222 e. The zero-order valence-corrected chi connectivity index (χ0v) is 13.7. The summed E-state index contributed by atoms with van der Waals surface area (Å²) in [5.74, 6) is 0.767. The van der Waals surface area contributed by atoms with Crippen LogP contribution in [0.1, 0.15) is 40.4 Å². The van der Waals surface area contributed by atoms with Gasteiger partial charge in [-0.3, -0.25) is 4.79 Å². The third-order valence-corrected chi connectivity index (χ3v) is 4.89. The Morgan fingerprint density at radius 2 is 2.17 bits per heavy atom. The first-order chi connectivity index (χ1) is 12.3. The van der Waals surface area contributed by atoms with E-state index >= 15 is 0 Å². The molecule has 0 spiro atoms. The number of benzene rings is 1. The number of fused-ring (bicyclic) bond motifs is 3. The number of amides is 1. The molecule has 3 aromatic rings. The number of aromatic nitrogens is 3. The number of pyridine rings is 1. The van der Waals surface area contributed by atoms with Crippen LogP contribution in [-0.2, 0) is 11.3 Å². The number of nitrogens with zero attached hydrogens (tertiary/aromatic N) is 3. The molecule has 5 heteroatoms. The van der Waals surface area contributed by atoms with E-state index in [2.05, 4.69) is 25.9 Å². The van der Waals surface area contributed by atoms with Crippen molar-refractivity contribution in [2.75, 3.05) is 5.32 Å². The number of hydrogen-bond donors (Lipinski definition) is 1. The van der Waals surface area contributed by atoms with Crippen LogP contribution in [0.2, 0.25) is 0 Å². The zero-order chi connectivity index (χ0) is 17.2. The van der Waals surface area contributed by atoms with Gasteiger partial charge in [-0.15, -0.1) is 0 Å². The number of rotatable bonds is 3. The van der Waals surface area contributed by atoms with Crippen molar-refractivity contribution >= 4 is 33.7 Å². The van der Waals surface area contributed by atoms with Crippen molar-refractivity contribution in [3.63, 3.8) is 0 Å². The third kappa shape index (κ3) is 2.75. The highest BCUT2D eigenvalue weighted by Crippen LogP contribution is 2.31. The highest BCUT2D eigenvalue weighted by atomic mass is 16.1. The molecule has 0 unspecified atom stereocenters. The van der Waals surface area contributed by atoms with Crippen LogP contribution in [0.25, 0.3) is 21.9 Å². The largest absolute Gasteiger partial charge is 0.330 e. The molecule has 0 saturated heterocycles. The van der Waals surface area contributed by atoms with Crippen LogP contribution in [0, 0.1) is 5.92 Å². The fourth-order valence-electron chi connectivity index (χ4n) is 3.79. The van der Waals surface area contributed by atoms with Crippen LogP contribution < -0.4 is 5.32 Å². The summed E-state index contributed by atoms with van der Waals surface area (Å²) in [6.45, 7) is 0.634.